The Morgan fingerprint density at radius 1 is 0.897 bits per heavy atom. The minimum absolute atomic E-state index is 0.00812. The van der Waals surface area contributed by atoms with E-state index in [0.717, 1.165) is 0 Å². The Hall–Kier alpha value is -3.23. The number of nitrogens with one attached hydrogen (secondary N) is 2. The Labute approximate surface area is 172 Å². The van der Waals surface area contributed by atoms with Gasteiger partial charge in [0.05, 0.1) is 10.5 Å². The van der Waals surface area contributed by atoms with E-state index < -0.39 is 15.9 Å². The summed E-state index contributed by atoms with van der Waals surface area (Å²) in [5.41, 5.74) is 0.879. The highest BCUT2D eigenvalue weighted by molar-refractivity contribution is 7.92. The van der Waals surface area contributed by atoms with Gasteiger partial charge in [-0.1, -0.05) is 11.6 Å². The van der Waals surface area contributed by atoms with Crippen molar-refractivity contribution >= 4 is 38.9 Å². The highest BCUT2D eigenvalue weighted by atomic mass is 35.5. The van der Waals surface area contributed by atoms with Gasteiger partial charge in [-0.2, -0.15) is 0 Å². The standard InChI is InChI=1S/C20H17ClN2O5S/c1-12-18(24)11-10-17(19(12)25)20(26)22-14-6-8-16(9-7-14)29(27,28)23-15-4-2-13(21)3-5-15/h2-11,23-25H,1H3,(H,22,26). The van der Waals surface area contributed by atoms with Crippen molar-refractivity contribution < 1.29 is 23.4 Å². The molecule has 0 aromatic heterocycles. The first kappa shape index (κ1) is 20.5. The van der Waals surface area contributed by atoms with Gasteiger partial charge in [0.1, 0.15) is 11.5 Å². The Morgan fingerprint density at radius 3 is 2.10 bits per heavy atom. The number of sulfonamides is 1. The van der Waals surface area contributed by atoms with Crippen molar-refractivity contribution in [1.29, 1.82) is 0 Å². The van der Waals surface area contributed by atoms with Gasteiger partial charge in [0, 0.05) is 22.0 Å². The molecule has 0 bridgehead atoms. The van der Waals surface area contributed by atoms with Gasteiger partial charge < -0.3 is 15.5 Å². The number of carbonyl (C=O) groups is 1. The average Bonchev–Trinajstić information content (AvgIpc) is 2.68. The van der Waals surface area contributed by atoms with Gasteiger partial charge >= 0.3 is 0 Å². The number of hydrogen-bond donors (Lipinski definition) is 4. The molecule has 3 aromatic carbocycles. The molecule has 0 aliphatic heterocycles. The van der Waals surface area contributed by atoms with E-state index in [-0.39, 0.29) is 27.5 Å². The topological polar surface area (TPSA) is 116 Å². The second-order valence-electron chi connectivity index (χ2n) is 6.20. The summed E-state index contributed by atoms with van der Waals surface area (Å²) in [6.07, 6.45) is 0. The smallest absolute Gasteiger partial charge is 0.261 e. The van der Waals surface area contributed by atoms with Gasteiger partial charge in [-0.15, -0.1) is 0 Å². The van der Waals surface area contributed by atoms with Gasteiger partial charge in [-0.05, 0) is 67.6 Å². The molecule has 0 fully saturated rings. The first-order valence-electron chi connectivity index (χ1n) is 8.39. The van der Waals surface area contributed by atoms with Crippen LogP contribution in [-0.2, 0) is 10.0 Å². The molecule has 0 aliphatic carbocycles. The maximum absolute atomic E-state index is 12.5. The molecule has 9 heteroatoms. The third-order valence-electron chi connectivity index (χ3n) is 4.17. The first-order valence-corrected chi connectivity index (χ1v) is 10.2. The molecule has 0 saturated heterocycles. The predicted octanol–water partition coefficient (Wildman–Crippen LogP) is 4.11. The number of carbonyl (C=O) groups excluding carboxylic acids is 1. The number of phenolic OH excluding ortho intramolecular Hbond substituents is 2. The molecule has 3 aromatic rings. The van der Waals surface area contributed by atoms with E-state index in [0.29, 0.717) is 16.4 Å². The van der Waals surface area contributed by atoms with Crippen molar-refractivity contribution in [2.75, 3.05) is 10.0 Å². The van der Waals surface area contributed by atoms with Gasteiger partial charge in [0.2, 0.25) is 0 Å². The third-order valence-corrected chi connectivity index (χ3v) is 5.82. The number of halogens is 1. The molecule has 0 heterocycles. The van der Waals surface area contributed by atoms with E-state index in [1.807, 2.05) is 0 Å². The summed E-state index contributed by atoms with van der Waals surface area (Å²) in [7, 11) is -3.81. The van der Waals surface area contributed by atoms with Gasteiger partial charge in [-0.25, -0.2) is 8.42 Å². The van der Waals surface area contributed by atoms with Gasteiger partial charge in [0.15, 0.2) is 0 Å². The molecule has 0 unspecified atom stereocenters. The number of rotatable bonds is 5. The Balaban J connectivity index is 1.75. The highest BCUT2D eigenvalue weighted by Crippen LogP contribution is 2.30. The van der Waals surface area contributed by atoms with Crippen molar-refractivity contribution in [2.45, 2.75) is 11.8 Å². The number of amides is 1. The fourth-order valence-electron chi connectivity index (χ4n) is 2.52. The number of benzene rings is 3. The summed E-state index contributed by atoms with van der Waals surface area (Å²) in [6, 6.07) is 14.4. The maximum atomic E-state index is 12.5. The summed E-state index contributed by atoms with van der Waals surface area (Å²) in [4.78, 5) is 12.4. The summed E-state index contributed by atoms with van der Waals surface area (Å²) in [6.45, 7) is 1.48. The number of aromatic hydroxyl groups is 2. The number of anilines is 2. The van der Waals surface area contributed by atoms with Crippen LogP contribution in [0.15, 0.2) is 65.6 Å². The van der Waals surface area contributed by atoms with Crippen LogP contribution in [0.5, 0.6) is 11.5 Å². The van der Waals surface area contributed by atoms with E-state index in [1.54, 1.807) is 24.3 Å². The lowest BCUT2D eigenvalue weighted by molar-refractivity contribution is 0.102. The van der Waals surface area contributed by atoms with E-state index in [9.17, 15) is 23.4 Å². The van der Waals surface area contributed by atoms with Crippen LogP contribution in [0, 0.1) is 6.92 Å². The summed E-state index contributed by atoms with van der Waals surface area (Å²) < 4.78 is 27.4. The summed E-state index contributed by atoms with van der Waals surface area (Å²) >= 11 is 5.79. The second kappa shape index (κ2) is 8.02. The quantitative estimate of drug-likeness (QED) is 0.484. The van der Waals surface area contributed by atoms with Crippen molar-refractivity contribution in [2.24, 2.45) is 0 Å². The SMILES string of the molecule is Cc1c(O)ccc(C(=O)Nc2ccc(S(=O)(=O)Nc3ccc(Cl)cc3)cc2)c1O. The zero-order chi connectivity index (χ0) is 21.2. The third kappa shape index (κ3) is 4.61. The Morgan fingerprint density at radius 2 is 1.48 bits per heavy atom. The fourth-order valence-corrected chi connectivity index (χ4v) is 3.71. The normalized spacial score (nSPS) is 11.1. The minimum atomic E-state index is -3.81. The number of hydrogen-bond acceptors (Lipinski definition) is 5. The minimum Gasteiger partial charge on any atom is -0.508 e. The zero-order valence-electron chi connectivity index (χ0n) is 15.2. The second-order valence-corrected chi connectivity index (χ2v) is 8.32. The number of phenols is 2. The van der Waals surface area contributed by atoms with Crippen molar-refractivity contribution in [3.05, 3.63) is 76.8 Å². The molecule has 7 nitrogen and oxygen atoms in total. The molecule has 29 heavy (non-hydrogen) atoms. The van der Waals surface area contributed by atoms with Crippen LogP contribution >= 0.6 is 11.6 Å². The van der Waals surface area contributed by atoms with E-state index in [1.165, 1.54) is 43.3 Å². The van der Waals surface area contributed by atoms with Crippen LogP contribution in [0.2, 0.25) is 5.02 Å². The average molecular weight is 433 g/mol. The van der Waals surface area contributed by atoms with Crippen LogP contribution in [0.3, 0.4) is 0 Å². The largest absolute Gasteiger partial charge is 0.508 e. The van der Waals surface area contributed by atoms with E-state index in [4.69, 9.17) is 11.6 Å². The Bertz CT molecular complexity index is 1160. The van der Waals surface area contributed by atoms with Crippen LogP contribution in [0.4, 0.5) is 11.4 Å². The molecular formula is C20H17ClN2O5S. The van der Waals surface area contributed by atoms with E-state index in [2.05, 4.69) is 10.0 Å². The van der Waals surface area contributed by atoms with Crippen molar-refractivity contribution in [1.82, 2.24) is 0 Å². The lowest BCUT2D eigenvalue weighted by Crippen LogP contribution is -2.14. The fraction of sp³-hybridized carbons (Fsp3) is 0.0500. The molecule has 0 aliphatic rings. The molecule has 0 radical (unpaired) electrons. The monoisotopic (exact) mass is 432 g/mol. The summed E-state index contributed by atoms with van der Waals surface area (Å²) in [5, 5.41) is 22.6. The molecule has 1 amide bonds. The zero-order valence-corrected chi connectivity index (χ0v) is 16.8. The molecule has 0 saturated carbocycles. The van der Waals surface area contributed by atoms with E-state index >= 15 is 0 Å². The molecule has 4 N–H and O–H groups in total. The molecular weight excluding hydrogens is 416 g/mol. The highest BCUT2D eigenvalue weighted by Gasteiger charge is 2.17. The van der Waals surface area contributed by atoms with Gasteiger partial charge in [-0.3, -0.25) is 9.52 Å². The lowest BCUT2D eigenvalue weighted by atomic mass is 10.1. The molecule has 0 atom stereocenters. The van der Waals surface area contributed by atoms with Crippen LogP contribution in [0.25, 0.3) is 0 Å². The molecule has 0 spiro atoms. The van der Waals surface area contributed by atoms with Crippen LogP contribution in [-0.4, -0.2) is 24.5 Å². The van der Waals surface area contributed by atoms with Crippen LogP contribution < -0.4 is 10.0 Å². The predicted molar refractivity (Wildman–Crippen MR) is 111 cm³/mol. The van der Waals surface area contributed by atoms with Crippen molar-refractivity contribution in [3.63, 3.8) is 0 Å². The first-order chi connectivity index (χ1) is 13.7. The van der Waals surface area contributed by atoms with Crippen LogP contribution in [0.1, 0.15) is 15.9 Å². The molecule has 3 rings (SSSR count). The van der Waals surface area contributed by atoms with Gasteiger partial charge in [0.25, 0.3) is 15.9 Å². The summed E-state index contributed by atoms with van der Waals surface area (Å²) in [5.74, 6) is -1.05. The van der Waals surface area contributed by atoms with Crippen molar-refractivity contribution in [3.8, 4) is 11.5 Å². The molecule has 150 valence electrons. The maximum Gasteiger partial charge on any atom is 0.261 e. The Kier molecular flexibility index (Phi) is 5.67. The lowest BCUT2D eigenvalue weighted by Gasteiger charge is -2.11.